The Morgan fingerprint density at radius 3 is 2.50 bits per heavy atom. The number of hydrogen-bond acceptors (Lipinski definition) is 4. The molecule has 3 N–H and O–H groups in total. The molecule has 2 aromatic rings. The largest absolute Gasteiger partial charge is 0.469 e. The highest BCUT2D eigenvalue weighted by molar-refractivity contribution is 6.35. The number of amides is 2. The summed E-state index contributed by atoms with van der Waals surface area (Å²) in [5, 5.41) is 15.3. The van der Waals surface area contributed by atoms with E-state index in [4.69, 9.17) is 4.42 Å². The van der Waals surface area contributed by atoms with E-state index in [2.05, 4.69) is 10.6 Å². The van der Waals surface area contributed by atoms with Crippen molar-refractivity contribution in [3.05, 3.63) is 60.1 Å². The zero-order valence-corrected chi connectivity index (χ0v) is 13.8. The normalized spacial score (nSPS) is 14.5. The predicted molar refractivity (Wildman–Crippen MR) is 89.0 cm³/mol. The summed E-state index contributed by atoms with van der Waals surface area (Å²) in [5.74, 6) is -0.908. The van der Waals surface area contributed by atoms with Crippen molar-refractivity contribution in [2.75, 3.05) is 6.54 Å². The predicted octanol–water partition coefficient (Wildman–Crippen LogP) is 1.57. The monoisotopic (exact) mass is 330 g/mol. The van der Waals surface area contributed by atoms with Crippen LogP contribution in [-0.2, 0) is 16.0 Å². The average molecular weight is 330 g/mol. The van der Waals surface area contributed by atoms with E-state index in [9.17, 15) is 14.7 Å². The molecule has 1 heterocycles. The van der Waals surface area contributed by atoms with Crippen LogP contribution in [0.5, 0.6) is 0 Å². The molecule has 0 aliphatic heterocycles. The summed E-state index contributed by atoms with van der Waals surface area (Å²) in [6.45, 7) is 3.31. The minimum absolute atomic E-state index is 0.0559. The van der Waals surface area contributed by atoms with Gasteiger partial charge in [0, 0.05) is 13.0 Å². The van der Waals surface area contributed by atoms with Crippen molar-refractivity contribution in [3.8, 4) is 0 Å². The van der Waals surface area contributed by atoms with Crippen LogP contribution in [0.4, 0.5) is 0 Å². The van der Waals surface area contributed by atoms with Gasteiger partial charge in [0.05, 0.1) is 17.9 Å². The van der Waals surface area contributed by atoms with E-state index in [1.54, 1.807) is 26.0 Å². The Morgan fingerprint density at radius 2 is 1.88 bits per heavy atom. The lowest BCUT2D eigenvalue weighted by Crippen LogP contribution is -2.47. The molecule has 0 aliphatic rings. The van der Waals surface area contributed by atoms with Gasteiger partial charge in [-0.15, -0.1) is 0 Å². The van der Waals surface area contributed by atoms with Gasteiger partial charge < -0.3 is 20.2 Å². The molecule has 0 unspecified atom stereocenters. The second kappa shape index (κ2) is 7.79. The third-order valence-electron chi connectivity index (χ3n) is 3.62. The lowest BCUT2D eigenvalue weighted by atomic mass is 10.0. The van der Waals surface area contributed by atoms with Crippen LogP contribution >= 0.6 is 0 Å². The third kappa shape index (κ3) is 5.24. The van der Waals surface area contributed by atoms with Gasteiger partial charge in [-0.05, 0) is 31.5 Å². The zero-order valence-electron chi connectivity index (χ0n) is 13.8. The molecule has 0 spiro atoms. The number of carbonyl (C=O) groups excluding carboxylic acids is 2. The van der Waals surface area contributed by atoms with E-state index in [1.165, 1.54) is 6.26 Å². The van der Waals surface area contributed by atoms with Crippen molar-refractivity contribution < 1.29 is 19.1 Å². The Bertz CT molecular complexity index is 666. The Morgan fingerprint density at radius 1 is 1.17 bits per heavy atom. The second-order valence-electron chi connectivity index (χ2n) is 6.04. The van der Waals surface area contributed by atoms with Crippen molar-refractivity contribution in [1.29, 1.82) is 0 Å². The first-order chi connectivity index (χ1) is 11.4. The molecule has 6 nitrogen and oxygen atoms in total. The number of rotatable bonds is 6. The lowest BCUT2D eigenvalue weighted by molar-refractivity contribution is -0.140. The zero-order chi connectivity index (χ0) is 17.6. The molecular formula is C18H22N2O4. The summed E-state index contributed by atoms with van der Waals surface area (Å²) < 4.78 is 5.17. The van der Waals surface area contributed by atoms with Gasteiger partial charge in [0.15, 0.2) is 0 Å². The van der Waals surface area contributed by atoms with Crippen molar-refractivity contribution >= 4 is 11.8 Å². The first-order valence-electron chi connectivity index (χ1n) is 7.76. The molecule has 0 bridgehead atoms. The average Bonchev–Trinajstić information content (AvgIpc) is 3.05. The van der Waals surface area contributed by atoms with Crippen LogP contribution < -0.4 is 10.6 Å². The van der Waals surface area contributed by atoms with E-state index in [-0.39, 0.29) is 19.0 Å². The molecule has 6 heteroatoms. The number of furan rings is 1. The molecule has 24 heavy (non-hydrogen) atoms. The molecule has 0 aliphatic carbocycles. The Hall–Kier alpha value is -2.60. The quantitative estimate of drug-likeness (QED) is 0.701. The fraction of sp³-hybridized carbons (Fsp3) is 0.333. The van der Waals surface area contributed by atoms with Crippen LogP contribution in [-0.4, -0.2) is 29.1 Å². The molecule has 0 saturated heterocycles. The van der Waals surface area contributed by atoms with E-state index < -0.39 is 17.4 Å². The smallest absolute Gasteiger partial charge is 0.309 e. The summed E-state index contributed by atoms with van der Waals surface area (Å²) in [5.41, 5.74) is -0.303. The van der Waals surface area contributed by atoms with E-state index in [1.807, 2.05) is 30.3 Å². The highest BCUT2D eigenvalue weighted by atomic mass is 16.3. The Kier molecular flexibility index (Phi) is 5.76. The van der Waals surface area contributed by atoms with Gasteiger partial charge in [0.1, 0.15) is 5.76 Å². The van der Waals surface area contributed by atoms with E-state index in [0.717, 1.165) is 5.56 Å². The van der Waals surface area contributed by atoms with Crippen molar-refractivity contribution in [1.82, 2.24) is 10.6 Å². The van der Waals surface area contributed by atoms with Gasteiger partial charge in [0.25, 0.3) is 0 Å². The molecular weight excluding hydrogens is 308 g/mol. The van der Waals surface area contributed by atoms with Crippen LogP contribution in [0, 0.1) is 0 Å². The molecule has 2 amide bonds. The first kappa shape index (κ1) is 17.7. The van der Waals surface area contributed by atoms with Gasteiger partial charge in [-0.3, -0.25) is 9.59 Å². The molecule has 1 aromatic heterocycles. The minimum Gasteiger partial charge on any atom is -0.469 e. The molecule has 0 fully saturated rings. The highest BCUT2D eigenvalue weighted by Gasteiger charge is 2.25. The molecule has 128 valence electrons. The van der Waals surface area contributed by atoms with Crippen molar-refractivity contribution in [2.45, 2.75) is 31.9 Å². The summed E-state index contributed by atoms with van der Waals surface area (Å²) in [6, 6.07) is 12.5. The molecule has 0 saturated carbocycles. The topological polar surface area (TPSA) is 91.6 Å². The Balaban J connectivity index is 1.82. The summed E-state index contributed by atoms with van der Waals surface area (Å²) in [6.07, 6.45) is 1.75. The van der Waals surface area contributed by atoms with Crippen LogP contribution in [0.2, 0.25) is 0 Å². The van der Waals surface area contributed by atoms with E-state index >= 15 is 0 Å². The number of benzene rings is 1. The second-order valence-corrected chi connectivity index (χ2v) is 6.04. The maximum Gasteiger partial charge on any atom is 0.309 e. The summed E-state index contributed by atoms with van der Waals surface area (Å²) >= 11 is 0. The maximum atomic E-state index is 11.9. The number of aliphatic hydroxyl groups is 1. The summed E-state index contributed by atoms with van der Waals surface area (Å²) in [4.78, 5) is 23.8. The fourth-order valence-corrected chi connectivity index (χ4v) is 2.29. The first-order valence-corrected chi connectivity index (χ1v) is 7.76. The standard InChI is InChI=1S/C18H22N2O4/c1-13(14-7-4-3-5-8-14)20-17(22)16(21)19-12-18(2,23)11-15-9-6-10-24-15/h3-10,13,23H,11-12H2,1-2H3,(H,19,21)(H,20,22)/t13-,18+/m1/s1. The molecule has 2 rings (SSSR count). The fourth-order valence-electron chi connectivity index (χ4n) is 2.29. The van der Waals surface area contributed by atoms with Crippen LogP contribution in [0.3, 0.4) is 0 Å². The third-order valence-corrected chi connectivity index (χ3v) is 3.62. The van der Waals surface area contributed by atoms with E-state index in [0.29, 0.717) is 5.76 Å². The minimum atomic E-state index is -1.21. The van der Waals surface area contributed by atoms with Crippen LogP contribution in [0.1, 0.15) is 31.2 Å². The maximum absolute atomic E-state index is 11.9. The number of nitrogens with one attached hydrogen (secondary N) is 2. The number of hydrogen-bond donors (Lipinski definition) is 3. The van der Waals surface area contributed by atoms with Gasteiger partial charge in [0.2, 0.25) is 0 Å². The van der Waals surface area contributed by atoms with Crippen molar-refractivity contribution in [3.63, 3.8) is 0 Å². The number of carbonyl (C=O) groups is 2. The van der Waals surface area contributed by atoms with Gasteiger partial charge in [-0.25, -0.2) is 0 Å². The SMILES string of the molecule is C[C@@H](NC(=O)C(=O)NC[C@@](C)(O)Cc1ccco1)c1ccccc1. The molecule has 2 atom stereocenters. The van der Waals surface area contributed by atoms with Crippen molar-refractivity contribution in [2.24, 2.45) is 0 Å². The van der Waals surface area contributed by atoms with Gasteiger partial charge >= 0.3 is 11.8 Å². The van der Waals surface area contributed by atoms with Gasteiger partial charge in [-0.1, -0.05) is 30.3 Å². The highest BCUT2D eigenvalue weighted by Crippen LogP contribution is 2.13. The van der Waals surface area contributed by atoms with Crippen LogP contribution in [0.15, 0.2) is 53.1 Å². The molecule has 0 radical (unpaired) electrons. The lowest BCUT2D eigenvalue weighted by Gasteiger charge is -2.22. The van der Waals surface area contributed by atoms with Gasteiger partial charge in [-0.2, -0.15) is 0 Å². The summed E-state index contributed by atoms with van der Waals surface area (Å²) in [7, 11) is 0. The molecule has 1 aromatic carbocycles. The van der Waals surface area contributed by atoms with Crippen LogP contribution in [0.25, 0.3) is 0 Å². The Labute approximate surface area is 140 Å².